The molecule has 1 atom stereocenters. The summed E-state index contributed by atoms with van der Waals surface area (Å²) in [5.41, 5.74) is 1.13. The van der Waals surface area contributed by atoms with E-state index >= 15 is 0 Å². The van der Waals surface area contributed by atoms with Gasteiger partial charge in [0.1, 0.15) is 11.6 Å². The van der Waals surface area contributed by atoms with Gasteiger partial charge in [0.05, 0.1) is 31.1 Å². The number of piperidine rings is 1. The predicted molar refractivity (Wildman–Crippen MR) is 71.0 cm³/mol. The minimum absolute atomic E-state index is 0.424. The first kappa shape index (κ1) is 11.5. The van der Waals surface area contributed by atoms with Crippen molar-refractivity contribution < 1.29 is 4.74 Å². The molecule has 1 saturated heterocycles. The summed E-state index contributed by atoms with van der Waals surface area (Å²) in [5, 5.41) is 0. The number of aromatic nitrogens is 2. The zero-order valence-electron chi connectivity index (χ0n) is 11.0. The van der Waals surface area contributed by atoms with E-state index in [-0.39, 0.29) is 0 Å². The van der Waals surface area contributed by atoms with Crippen LogP contribution in [0.5, 0.6) is 5.75 Å². The topological polar surface area (TPSA) is 29.8 Å². The van der Waals surface area contributed by atoms with Crippen LogP contribution in [0.25, 0.3) is 5.52 Å². The van der Waals surface area contributed by atoms with E-state index < -0.39 is 0 Å². The monoisotopic (exact) mass is 245 g/mol. The highest BCUT2D eigenvalue weighted by atomic mass is 16.5. The van der Waals surface area contributed by atoms with Gasteiger partial charge < -0.3 is 4.74 Å². The molecule has 1 aliphatic rings. The van der Waals surface area contributed by atoms with Gasteiger partial charge in [0, 0.05) is 0 Å². The van der Waals surface area contributed by atoms with Crippen molar-refractivity contribution >= 4 is 5.52 Å². The number of fused-ring (bicyclic) bond motifs is 1. The second-order valence-electron chi connectivity index (χ2n) is 4.97. The lowest BCUT2D eigenvalue weighted by atomic mass is 10.0. The van der Waals surface area contributed by atoms with Gasteiger partial charge in [-0.15, -0.1) is 0 Å². The van der Waals surface area contributed by atoms with Gasteiger partial charge in [-0.25, -0.2) is 4.98 Å². The Kier molecular flexibility index (Phi) is 2.96. The number of pyridine rings is 1. The van der Waals surface area contributed by atoms with Crippen LogP contribution in [0.4, 0.5) is 0 Å². The summed E-state index contributed by atoms with van der Waals surface area (Å²) in [6, 6.07) is 4.46. The van der Waals surface area contributed by atoms with Crippen LogP contribution in [-0.2, 0) is 0 Å². The van der Waals surface area contributed by atoms with E-state index in [1.165, 1.54) is 19.3 Å². The Labute approximate surface area is 107 Å². The van der Waals surface area contributed by atoms with E-state index in [1.807, 2.05) is 18.5 Å². The number of likely N-dealkylation sites (tertiary alicyclic amines) is 1. The molecule has 3 rings (SSSR count). The maximum atomic E-state index is 5.30. The molecule has 0 N–H and O–H groups in total. The molecule has 2 aromatic rings. The van der Waals surface area contributed by atoms with E-state index in [4.69, 9.17) is 4.74 Å². The summed E-state index contributed by atoms with van der Waals surface area (Å²) in [5.74, 6) is 2.01. The number of nitrogens with zero attached hydrogens (tertiary/aromatic N) is 3. The molecule has 4 heteroatoms. The predicted octanol–water partition coefficient (Wildman–Crippen LogP) is 2.50. The van der Waals surface area contributed by atoms with E-state index in [9.17, 15) is 0 Å². The first-order valence-electron chi connectivity index (χ1n) is 6.51. The van der Waals surface area contributed by atoms with Gasteiger partial charge in [0.2, 0.25) is 0 Å². The van der Waals surface area contributed by atoms with Crippen molar-refractivity contribution in [3.8, 4) is 5.75 Å². The van der Waals surface area contributed by atoms with Gasteiger partial charge in [-0.2, -0.15) is 0 Å². The molecular weight excluding hydrogens is 226 g/mol. The van der Waals surface area contributed by atoms with Gasteiger partial charge in [-0.3, -0.25) is 9.30 Å². The molecule has 0 amide bonds. The summed E-state index contributed by atoms with van der Waals surface area (Å²) < 4.78 is 7.46. The number of ether oxygens (including phenoxy) is 1. The van der Waals surface area contributed by atoms with E-state index in [1.54, 1.807) is 7.11 Å². The van der Waals surface area contributed by atoms with Gasteiger partial charge in [-0.1, -0.05) is 6.42 Å². The number of imidazole rings is 1. The molecule has 0 spiro atoms. The molecule has 1 fully saturated rings. The van der Waals surface area contributed by atoms with Crippen LogP contribution < -0.4 is 4.74 Å². The lowest BCUT2D eigenvalue weighted by Crippen LogP contribution is -2.30. The van der Waals surface area contributed by atoms with E-state index in [0.717, 1.165) is 23.6 Å². The first-order chi connectivity index (χ1) is 8.79. The normalized spacial score (nSPS) is 21.3. The van der Waals surface area contributed by atoms with Crippen LogP contribution >= 0.6 is 0 Å². The Morgan fingerprint density at radius 3 is 3.00 bits per heavy atom. The molecule has 3 heterocycles. The fourth-order valence-electron chi connectivity index (χ4n) is 2.76. The fourth-order valence-corrected chi connectivity index (χ4v) is 2.76. The largest absolute Gasteiger partial charge is 0.495 e. The highest BCUT2D eigenvalue weighted by Gasteiger charge is 2.24. The quantitative estimate of drug-likeness (QED) is 0.814. The molecule has 2 aromatic heterocycles. The highest BCUT2D eigenvalue weighted by Crippen LogP contribution is 2.29. The van der Waals surface area contributed by atoms with Crippen molar-refractivity contribution in [2.75, 3.05) is 20.7 Å². The summed E-state index contributed by atoms with van der Waals surface area (Å²) in [7, 11) is 3.88. The summed E-state index contributed by atoms with van der Waals surface area (Å²) in [4.78, 5) is 7.01. The number of hydrogen-bond acceptors (Lipinski definition) is 3. The minimum Gasteiger partial charge on any atom is -0.495 e. The van der Waals surface area contributed by atoms with Gasteiger partial charge in [-0.05, 0) is 38.6 Å². The molecule has 18 heavy (non-hydrogen) atoms. The SMILES string of the molecule is COc1ccc2cnc(C3CCCCN3C)n2c1. The molecule has 1 unspecified atom stereocenters. The van der Waals surface area contributed by atoms with Crippen LogP contribution in [-0.4, -0.2) is 35.0 Å². The van der Waals surface area contributed by atoms with E-state index in [2.05, 4.69) is 27.4 Å². The average molecular weight is 245 g/mol. The lowest BCUT2D eigenvalue weighted by Gasteiger charge is -2.31. The Balaban J connectivity index is 2.05. The summed E-state index contributed by atoms with van der Waals surface area (Å²) in [6.07, 6.45) is 7.73. The number of hydrogen-bond donors (Lipinski definition) is 0. The van der Waals surface area contributed by atoms with Crippen LogP contribution in [0, 0.1) is 0 Å². The number of rotatable bonds is 2. The summed E-state index contributed by atoms with van der Waals surface area (Å²) >= 11 is 0. The summed E-state index contributed by atoms with van der Waals surface area (Å²) in [6.45, 7) is 1.16. The Morgan fingerprint density at radius 1 is 1.33 bits per heavy atom. The van der Waals surface area contributed by atoms with Crippen molar-refractivity contribution in [3.63, 3.8) is 0 Å². The third-order valence-corrected chi connectivity index (χ3v) is 3.83. The lowest BCUT2D eigenvalue weighted by molar-refractivity contribution is 0.179. The smallest absolute Gasteiger partial charge is 0.135 e. The molecule has 0 aliphatic carbocycles. The molecular formula is C14H19N3O. The van der Waals surface area contributed by atoms with Gasteiger partial charge in [0.25, 0.3) is 0 Å². The van der Waals surface area contributed by atoms with Crippen LogP contribution in [0.15, 0.2) is 24.5 Å². The third-order valence-electron chi connectivity index (χ3n) is 3.83. The Morgan fingerprint density at radius 2 is 2.22 bits per heavy atom. The molecule has 0 bridgehead atoms. The number of methoxy groups -OCH3 is 1. The van der Waals surface area contributed by atoms with Crippen molar-refractivity contribution in [3.05, 3.63) is 30.4 Å². The zero-order chi connectivity index (χ0) is 12.5. The maximum absolute atomic E-state index is 5.30. The molecule has 0 aromatic carbocycles. The Bertz CT molecular complexity index is 549. The standard InChI is InChI=1S/C14H19N3O/c1-16-8-4-3-5-13(16)14-15-9-11-6-7-12(18-2)10-17(11)14/h6-7,9-10,13H,3-5,8H2,1-2H3. The maximum Gasteiger partial charge on any atom is 0.135 e. The molecule has 96 valence electrons. The Hall–Kier alpha value is -1.55. The molecule has 1 aliphatic heterocycles. The van der Waals surface area contributed by atoms with Crippen LogP contribution in [0.1, 0.15) is 31.1 Å². The minimum atomic E-state index is 0.424. The van der Waals surface area contributed by atoms with Gasteiger partial charge in [0.15, 0.2) is 0 Å². The first-order valence-corrected chi connectivity index (χ1v) is 6.51. The molecule has 0 saturated carbocycles. The average Bonchev–Trinajstić information content (AvgIpc) is 2.82. The van der Waals surface area contributed by atoms with Gasteiger partial charge >= 0.3 is 0 Å². The fraction of sp³-hybridized carbons (Fsp3) is 0.500. The van der Waals surface area contributed by atoms with Crippen molar-refractivity contribution in [2.45, 2.75) is 25.3 Å². The zero-order valence-corrected chi connectivity index (χ0v) is 11.0. The van der Waals surface area contributed by atoms with E-state index in [0.29, 0.717) is 6.04 Å². The second kappa shape index (κ2) is 4.61. The molecule has 4 nitrogen and oxygen atoms in total. The van der Waals surface area contributed by atoms with Crippen molar-refractivity contribution in [2.24, 2.45) is 0 Å². The third kappa shape index (κ3) is 1.86. The van der Waals surface area contributed by atoms with Crippen LogP contribution in [0.2, 0.25) is 0 Å². The van der Waals surface area contributed by atoms with Crippen molar-refractivity contribution in [1.82, 2.24) is 14.3 Å². The molecule has 0 radical (unpaired) electrons. The highest BCUT2D eigenvalue weighted by molar-refractivity contribution is 5.48. The van der Waals surface area contributed by atoms with Crippen LogP contribution in [0.3, 0.4) is 0 Å². The van der Waals surface area contributed by atoms with Crippen molar-refractivity contribution in [1.29, 1.82) is 0 Å². The second-order valence-corrected chi connectivity index (χ2v) is 4.97.